The summed E-state index contributed by atoms with van der Waals surface area (Å²) in [7, 11) is 2.14. The van der Waals surface area contributed by atoms with E-state index < -0.39 is 0 Å². The molecule has 0 aliphatic carbocycles. The topological polar surface area (TPSA) is 3.24 Å². The molecule has 0 amide bonds. The highest BCUT2D eigenvalue weighted by molar-refractivity contribution is 4.61. The van der Waals surface area contributed by atoms with Crippen LogP contribution in [-0.4, -0.2) is 25.0 Å². The van der Waals surface area contributed by atoms with Crippen LogP contribution >= 0.6 is 0 Å². The van der Waals surface area contributed by atoms with E-state index in [9.17, 15) is 0 Å². The van der Waals surface area contributed by atoms with Crippen molar-refractivity contribution < 1.29 is 0 Å². The second-order valence-corrected chi connectivity index (χ2v) is 1.66. The van der Waals surface area contributed by atoms with Gasteiger partial charge in [-0.3, -0.25) is 0 Å². The van der Waals surface area contributed by atoms with E-state index in [1.54, 1.807) is 0 Å². The van der Waals surface area contributed by atoms with E-state index in [-0.39, 0.29) is 0 Å². The average Bonchev–Trinajstić information content (AvgIpc) is 2.12. The van der Waals surface area contributed by atoms with Crippen LogP contribution in [0.25, 0.3) is 0 Å². The maximum Gasteiger partial charge on any atom is -0.000959 e. The Balaban J connectivity index is -0.0000000933. The van der Waals surface area contributed by atoms with E-state index in [0.29, 0.717) is 0 Å². The number of rotatable bonds is 0. The molecule has 0 aromatic heterocycles. The first-order valence-corrected chi connectivity index (χ1v) is 5.08. The molecule has 0 atom stereocenters. The Morgan fingerprint density at radius 3 is 0.909 bits per heavy atom. The van der Waals surface area contributed by atoms with E-state index in [4.69, 9.17) is 0 Å². The summed E-state index contributed by atoms with van der Waals surface area (Å²) in [6.07, 6.45) is 1.41. The molecule has 0 saturated carbocycles. The lowest BCUT2D eigenvalue weighted by Gasteiger charge is -2.24. The molecule has 0 unspecified atom stereocenters. The molecule has 0 bridgehead atoms. The molecule has 1 heterocycles. The van der Waals surface area contributed by atoms with Gasteiger partial charge in [-0.15, -0.1) is 0 Å². The van der Waals surface area contributed by atoms with Crippen LogP contribution in [0.5, 0.6) is 0 Å². The van der Waals surface area contributed by atoms with Crippen LogP contribution in [-0.2, 0) is 0 Å². The Morgan fingerprint density at radius 1 is 0.727 bits per heavy atom. The van der Waals surface area contributed by atoms with Crippen LogP contribution in [0.4, 0.5) is 0 Å². The largest absolute Gasteiger partial charge is 0.306 e. The minimum absolute atomic E-state index is 1.32. The molecule has 11 heavy (non-hydrogen) atoms. The van der Waals surface area contributed by atoms with Crippen molar-refractivity contribution in [2.75, 3.05) is 20.1 Å². The van der Waals surface area contributed by atoms with Gasteiger partial charge in [-0.05, 0) is 26.6 Å². The summed E-state index contributed by atoms with van der Waals surface area (Å²) < 4.78 is 0. The number of likely N-dealkylation sites (tertiary alicyclic amines) is 1. The molecule has 1 nitrogen and oxygen atoms in total. The van der Waals surface area contributed by atoms with Crippen molar-refractivity contribution in [1.82, 2.24) is 4.90 Å². The Labute approximate surface area is 73.8 Å². The van der Waals surface area contributed by atoms with Crippen LogP contribution in [0.15, 0.2) is 0 Å². The summed E-state index contributed by atoms with van der Waals surface area (Å²) in [6, 6.07) is 0. The Hall–Kier alpha value is -0.0400. The minimum atomic E-state index is 1.32. The maximum absolute atomic E-state index is 2.31. The molecule has 1 rings (SSSR count). The van der Waals surface area contributed by atoms with Crippen molar-refractivity contribution in [3.63, 3.8) is 0 Å². The van der Waals surface area contributed by atoms with Crippen LogP contribution < -0.4 is 0 Å². The number of nitrogens with zero attached hydrogens (tertiary/aromatic N) is 1. The van der Waals surface area contributed by atoms with Crippen LogP contribution in [0, 0.1) is 0 Å². The smallest absolute Gasteiger partial charge is 0.000959 e. The van der Waals surface area contributed by atoms with Crippen molar-refractivity contribution in [2.45, 2.75) is 48.0 Å². The van der Waals surface area contributed by atoms with E-state index >= 15 is 0 Å². The van der Waals surface area contributed by atoms with Gasteiger partial charge >= 0.3 is 0 Å². The van der Waals surface area contributed by atoms with Gasteiger partial charge in [-0.2, -0.15) is 0 Å². The number of hydrogen-bond donors (Lipinski definition) is 0. The molecule has 1 aliphatic rings. The zero-order chi connectivity index (χ0) is 9.70. The van der Waals surface area contributed by atoms with Crippen molar-refractivity contribution >= 4 is 0 Å². The van der Waals surface area contributed by atoms with Crippen molar-refractivity contribution in [3.8, 4) is 0 Å². The van der Waals surface area contributed by atoms with Gasteiger partial charge in [-0.1, -0.05) is 41.5 Å². The molecule has 0 aromatic rings. The van der Waals surface area contributed by atoms with Crippen LogP contribution in [0.2, 0.25) is 0 Å². The SMILES string of the molecule is CC.CC.CC.CN1CCC1. The molecule has 1 fully saturated rings. The van der Waals surface area contributed by atoms with Gasteiger partial charge in [0.05, 0.1) is 0 Å². The zero-order valence-corrected chi connectivity index (χ0v) is 9.57. The fourth-order valence-electron chi connectivity index (χ4n) is 0.474. The third kappa shape index (κ3) is 17.8. The summed E-state index contributed by atoms with van der Waals surface area (Å²) in [6.45, 7) is 14.6. The highest BCUT2D eigenvalue weighted by Crippen LogP contribution is 1.98. The highest BCUT2D eigenvalue weighted by atomic mass is 15.1. The average molecular weight is 161 g/mol. The van der Waals surface area contributed by atoms with Gasteiger partial charge < -0.3 is 4.90 Å². The summed E-state index contributed by atoms with van der Waals surface area (Å²) in [5.74, 6) is 0. The predicted molar refractivity (Wildman–Crippen MR) is 56.2 cm³/mol. The summed E-state index contributed by atoms with van der Waals surface area (Å²) >= 11 is 0. The van der Waals surface area contributed by atoms with Gasteiger partial charge in [0.25, 0.3) is 0 Å². The predicted octanol–water partition coefficient (Wildman–Crippen LogP) is 3.40. The van der Waals surface area contributed by atoms with Crippen LogP contribution in [0.3, 0.4) is 0 Å². The normalized spacial score (nSPS) is 13.4. The Bertz CT molecular complexity index is 31.9. The quantitative estimate of drug-likeness (QED) is 0.526. The van der Waals surface area contributed by atoms with E-state index in [0.717, 1.165) is 0 Å². The van der Waals surface area contributed by atoms with Gasteiger partial charge in [-0.25, -0.2) is 0 Å². The maximum atomic E-state index is 2.31. The Morgan fingerprint density at radius 2 is 0.909 bits per heavy atom. The van der Waals surface area contributed by atoms with E-state index in [1.807, 2.05) is 41.5 Å². The second kappa shape index (κ2) is 22.5. The standard InChI is InChI=1S/C4H9N.3C2H6/c1-5-3-2-4-5;3*1-2/h2-4H2,1H3;3*1-2H3. The highest BCUT2D eigenvalue weighted by Gasteiger charge is 2.04. The minimum Gasteiger partial charge on any atom is -0.306 e. The molecule has 1 saturated heterocycles. The summed E-state index contributed by atoms with van der Waals surface area (Å²) in [4.78, 5) is 2.31. The molecule has 1 aliphatic heterocycles. The first-order valence-electron chi connectivity index (χ1n) is 5.08. The number of hydrogen-bond acceptors (Lipinski definition) is 1. The monoisotopic (exact) mass is 161 g/mol. The molecular weight excluding hydrogens is 134 g/mol. The van der Waals surface area contributed by atoms with Gasteiger partial charge in [0.15, 0.2) is 0 Å². The molecule has 0 aromatic carbocycles. The molecule has 72 valence electrons. The fourth-order valence-corrected chi connectivity index (χ4v) is 0.474. The third-order valence-electron chi connectivity index (χ3n) is 1.08. The second-order valence-electron chi connectivity index (χ2n) is 1.66. The lowest BCUT2D eigenvalue weighted by atomic mass is 10.3. The lowest BCUT2D eigenvalue weighted by molar-refractivity contribution is 0.229. The van der Waals surface area contributed by atoms with E-state index in [1.165, 1.54) is 19.5 Å². The molecule has 1 heteroatoms. The first kappa shape index (κ1) is 17.2. The van der Waals surface area contributed by atoms with Crippen molar-refractivity contribution in [3.05, 3.63) is 0 Å². The molecule has 0 spiro atoms. The van der Waals surface area contributed by atoms with Crippen LogP contribution in [0.1, 0.15) is 48.0 Å². The fraction of sp³-hybridized carbons (Fsp3) is 1.00. The first-order chi connectivity index (χ1) is 5.39. The van der Waals surface area contributed by atoms with Gasteiger partial charge in [0.2, 0.25) is 0 Å². The van der Waals surface area contributed by atoms with Gasteiger partial charge in [0, 0.05) is 0 Å². The lowest BCUT2D eigenvalue weighted by Crippen LogP contribution is -2.32. The van der Waals surface area contributed by atoms with Crippen molar-refractivity contribution in [1.29, 1.82) is 0 Å². The van der Waals surface area contributed by atoms with Crippen molar-refractivity contribution in [2.24, 2.45) is 0 Å². The third-order valence-corrected chi connectivity index (χ3v) is 1.08. The molecular formula is C10H27N. The molecule has 0 N–H and O–H groups in total. The summed E-state index contributed by atoms with van der Waals surface area (Å²) in [5.41, 5.74) is 0. The Kier molecular flexibility index (Phi) is 35.1. The van der Waals surface area contributed by atoms with Gasteiger partial charge in [0.1, 0.15) is 0 Å². The zero-order valence-electron chi connectivity index (χ0n) is 9.57. The molecule has 0 radical (unpaired) electrons. The van der Waals surface area contributed by atoms with E-state index in [2.05, 4.69) is 11.9 Å². The summed E-state index contributed by atoms with van der Waals surface area (Å²) in [5, 5.41) is 0.